The maximum absolute atomic E-state index is 13.1. The second kappa shape index (κ2) is 7.80. The van der Waals surface area contributed by atoms with Gasteiger partial charge in [-0.05, 0) is 29.8 Å². The second-order valence-electron chi connectivity index (χ2n) is 6.42. The number of nitrogens with zero attached hydrogens (tertiary/aromatic N) is 3. The Hall–Kier alpha value is -2.85. The molecular formula is C20H18F3N3O. The highest BCUT2D eigenvalue weighted by Gasteiger charge is 2.36. The summed E-state index contributed by atoms with van der Waals surface area (Å²) >= 11 is 0. The zero-order chi connectivity index (χ0) is 19.4. The van der Waals surface area contributed by atoms with Crippen molar-refractivity contribution in [3.8, 4) is 6.07 Å². The van der Waals surface area contributed by atoms with Crippen molar-refractivity contribution in [1.29, 1.82) is 5.26 Å². The van der Waals surface area contributed by atoms with Gasteiger partial charge in [0.05, 0.1) is 22.8 Å². The monoisotopic (exact) mass is 373 g/mol. The molecule has 1 heterocycles. The van der Waals surface area contributed by atoms with Gasteiger partial charge in [0.1, 0.15) is 0 Å². The molecule has 0 bridgehead atoms. The van der Waals surface area contributed by atoms with Gasteiger partial charge >= 0.3 is 6.18 Å². The topological polar surface area (TPSA) is 47.3 Å². The van der Waals surface area contributed by atoms with Gasteiger partial charge in [-0.25, -0.2) is 0 Å². The molecule has 0 aromatic heterocycles. The molecule has 0 saturated carbocycles. The number of nitriles is 1. The van der Waals surface area contributed by atoms with Crippen LogP contribution in [0.1, 0.15) is 27.0 Å². The normalized spacial score (nSPS) is 15.4. The van der Waals surface area contributed by atoms with Gasteiger partial charge in [0.25, 0.3) is 5.91 Å². The molecule has 1 aliphatic heterocycles. The summed E-state index contributed by atoms with van der Waals surface area (Å²) < 4.78 is 39.4. The van der Waals surface area contributed by atoms with Crippen molar-refractivity contribution in [3.63, 3.8) is 0 Å². The number of halogens is 3. The van der Waals surface area contributed by atoms with E-state index in [1.165, 1.54) is 23.1 Å². The summed E-state index contributed by atoms with van der Waals surface area (Å²) in [6.07, 6.45) is -4.55. The van der Waals surface area contributed by atoms with Gasteiger partial charge in [0.2, 0.25) is 0 Å². The molecule has 0 N–H and O–H groups in total. The predicted octanol–water partition coefficient (Wildman–Crippen LogP) is 3.54. The van der Waals surface area contributed by atoms with Gasteiger partial charge in [0, 0.05) is 32.7 Å². The Kier molecular flexibility index (Phi) is 5.47. The van der Waals surface area contributed by atoms with Gasteiger partial charge in [-0.2, -0.15) is 18.4 Å². The van der Waals surface area contributed by atoms with E-state index in [0.717, 1.165) is 11.6 Å². The van der Waals surface area contributed by atoms with Crippen LogP contribution in [0.15, 0.2) is 48.5 Å². The first kappa shape index (κ1) is 18.9. The Morgan fingerprint density at radius 2 is 1.63 bits per heavy atom. The molecule has 1 amide bonds. The quantitative estimate of drug-likeness (QED) is 0.827. The van der Waals surface area contributed by atoms with Crippen LogP contribution in [0.25, 0.3) is 0 Å². The average molecular weight is 373 g/mol. The van der Waals surface area contributed by atoms with Crippen molar-refractivity contribution in [2.45, 2.75) is 12.7 Å². The van der Waals surface area contributed by atoms with Gasteiger partial charge in [-0.1, -0.05) is 24.3 Å². The number of carbonyl (C=O) groups excluding carboxylic acids is 1. The fraction of sp³-hybridized carbons (Fsp3) is 0.300. The summed E-state index contributed by atoms with van der Waals surface area (Å²) in [5.74, 6) is -0.582. The molecule has 2 aromatic carbocycles. The summed E-state index contributed by atoms with van der Waals surface area (Å²) in [6.45, 7) is 2.59. The van der Waals surface area contributed by atoms with Crippen LogP contribution < -0.4 is 0 Å². The largest absolute Gasteiger partial charge is 0.417 e. The predicted molar refractivity (Wildman–Crippen MR) is 93.8 cm³/mol. The SMILES string of the molecule is N#Cc1ccc(CN2CCN(C(=O)c3ccccc3C(F)(F)F)CC2)cc1. The Morgan fingerprint density at radius 3 is 2.22 bits per heavy atom. The van der Waals surface area contributed by atoms with Gasteiger partial charge in [-0.15, -0.1) is 0 Å². The molecule has 3 rings (SSSR count). The molecule has 27 heavy (non-hydrogen) atoms. The third-order valence-corrected chi connectivity index (χ3v) is 4.61. The Bertz CT molecular complexity index is 848. The summed E-state index contributed by atoms with van der Waals surface area (Å²) in [5.41, 5.74) is 0.453. The first-order chi connectivity index (χ1) is 12.9. The van der Waals surface area contributed by atoms with Crippen LogP contribution in [-0.4, -0.2) is 41.9 Å². The summed E-state index contributed by atoms with van der Waals surface area (Å²) in [5, 5.41) is 8.83. The molecule has 1 fully saturated rings. The van der Waals surface area contributed by atoms with E-state index in [-0.39, 0.29) is 5.56 Å². The van der Waals surface area contributed by atoms with Crippen molar-refractivity contribution in [2.75, 3.05) is 26.2 Å². The lowest BCUT2D eigenvalue weighted by atomic mass is 10.1. The Balaban J connectivity index is 1.62. The first-order valence-corrected chi connectivity index (χ1v) is 8.55. The Morgan fingerprint density at radius 1 is 1.00 bits per heavy atom. The van der Waals surface area contributed by atoms with Crippen molar-refractivity contribution >= 4 is 5.91 Å². The van der Waals surface area contributed by atoms with Crippen LogP contribution >= 0.6 is 0 Å². The molecule has 1 saturated heterocycles. The number of carbonyl (C=O) groups is 1. The standard InChI is InChI=1S/C20H18F3N3O/c21-20(22,23)18-4-2-1-3-17(18)19(27)26-11-9-25(10-12-26)14-16-7-5-15(13-24)6-8-16/h1-8H,9-12,14H2. The number of piperazine rings is 1. The molecule has 0 unspecified atom stereocenters. The summed E-state index contributed by atoms with van der Waals surface area (Å²) in [6, 6.07) is 14.2. The van der Waals surface area contributed by atoms with E-state index in [1.54, 1.807) is 12.1 Å². The highest BCUT2D eigenvalue weighted by molar-refractivity contribution is 5.96. The summed E-state index contributed by atoms with van der Waals surface area (Å²) in [7, 11) is 0. The van der Waals surface area contributed by atoms with E-state index >= 15 is 0 Å². The zero-order valence-corrected chi connectivity index (χ0v) is 14.5. The number of hydrogen-bond donors (Lipinski definition) is 0. The molecule has 0 atom stereocenters. The van der Waals surface area contributed by atoms with Crippen LogP contribution in [0.5, 0.6) is 0 Å². The van der Waals surface area contributed by atoms with E-state index in [9.17, 15) is 18.0 Å². The first-order valence-electron chi connectivity index (χ1n) is 8.55. The number of amides is 1. The number of hydrogen-bond acceptors (Lipinski definition) is 3. The van der Waals surface area contributed by atoms with E-state index in [4.69, 9.17) is 5.26 Å². The van der Waals surface area contributed by atoms with E-state index in [0.29, 0.717) is 38.3 Å². The highest BCUT2D eigenvalue weighted by atomic mass is 19.4. The molecule has 140 valence electrons. The lowest BCUT2D eigenvalue weighted by Gasteiger charge is -2.35. The smallest absolute Gasteiger partial charge is 0.336 e. The molecule has 4 nitrogen and oxygen atoms in total. The lowest BCUT2D eigenvalue weighted by molar-refractivity contribution is -0.138. The third-order valence-electron chi connectivity index (χ3n) is 4.61. The van der Waals surface area contributed by atoms with Gasteiger partial charge < -0.3 is 4.90 Å². The number of rotatable bonds is 3. The van der Waals surface area contributed by atoms with Crippen LogP contribution in [0, 0.1) is 11.3 Å². The molecule has 7 heteroatoms. The second-order valence-corrected chi connectivity index (χ2v) is 6.42. The molecule has 0 aliphatic carbocycles. The average Bonchev–Trinajstić information content (AvgIpc) is 2.68. The van der Waals surface area contributed by atoms with Crippen molar-refractivity contribution < 1.29 is 18.0 Å². The van der Waals surface area contributed by atoms with E-state index < -0.39 is 17.6 Å². The molecule has 0 radical (unpaired) electrons. The van der Waals surface area contributed by atoms with Gasteiger partial charge in [0.15, 0.2) is 0 Å². The lowest BCUT2D eigenvalue weighted by Crippen LogP contribution is -2.48. The van der Waals surface area contributed by atoms with Crippen LogP contribution in [-0.2, 0) is 12.7 Å². The summed E-state index contributed by atoms with van der Waals surface area (Å²) in [4.78, 5) is 16.2. The van der Waals surface area contributed by atoms with Crippen molar-refractivity contribution in [3.05, 3.63) is 70.8 Å². The van der Waals surface area contributed by atoms with Crippen LogP contribution in [0.4, 0.5) is 13.2 Å². The maximum Gasteiger partial charge on any atom is 0.417 e. The van der Waals surface area contributed by atoms with Crippen molar-refractivity contribution in [2.24, 2.45) is 0 Å². The molecule has 1 aliphatic rings. The van der Waals surface area contributed by atoms with Crippen molar-refractivity contribution in [1.82, 2.24) is 9.80 Å². The molecule has 2 aromatic rings. The van der Waals surface area contributed by atoms with Crippen LogP contribution in [0.3, 0.4) is 0 Å². The Labute approximate surface area is 155 Å². The molecular weight excluding hydrogens is 355 g/mol. The minimum absolute atomic E-state index is 0.300. The minimum Gasteiger partial charge on any atom is -0.336 e. The minimum atomic E-state index is -4.55. The maximum atomic E-state index is 13.1. The number of benzene rings is 2. The number of alkyl halides is 3. The fourth-order valence-electron chi connectivity index (χ4n) is 3.14. The zero-order valence-electron chi connectivity index (χ0n) is 14.5. The fourth-order valence-corrected chi connectivity index (χ4v) is 3.14. The highest BCUT2D eigenvalue weighted by Crippen LogP contribution is 2.32. The molecule has 0 spiro atoms. The van der Waals surface area contributed by atoms with E-state index in [1.807, 2.05) is 12.1 Å². The third kappa shape index (κ3) is 4.47. The van der Waals surface area contributed by atoms with Crippen LogP contribution in [0.2, 0.25) is 0 Å². The van der Waals surface area contributed by atoms with Gasteiger partial charge in [-0.3, -0.25) is 9.69 Å². The van der Waals surface area contributed by atoms with E-state index in [2.05, 4.69) is 11.0 Å².